The Hall–Kier alpha value is -0.940. The van der Waals surface area contributed by atoms with Crippen molar-refractivity contribution in [3.05, 3.63) is 24.4 Å². The highest BCUT2D eigenvalue weighted by molar-refractivity contribution is 6.25. The summed E-state index contributed by atoms with van der Waals surface area (Å²) in [5.74, 6) is 0. The molecule has 0 fully saturated rings. The molecule has 0 amide bonds. The zero-order chi connectivity index (χ0) is 7.45. The van der Waals surface area contributed by atoms with Crippen molar-refractivity contribution >= 4 is 11.6 Å². The normalized spacial score (nSPS) is 29.2. The van der Waals surface area contributed by atoms with Crippen molar-refractivity contribution in [1.82, 2.24) is 5.32 Å². The fourth-order valence-corrected chi connectivity index (χ4v) is 0.919. The van der Waals surface area contributed by atoms with Crippen LogP contribution in [-0.2, 0) is 0 Å². The summed E-state index contributed by atoms with van der Waals surface area (Å²) in [4.78, 5) is -0.677. The van der Waals surface area contributed by atoms with E-state index in [1.807, 2.05) is 18.2 Å². The summed E-state index contributed by atoms with van der Waals surface area (Å²) in [6, 6.07) is 2.00. The third-order valence-corrected chi connectivity index (χ3v) is 1.60. The predicted octanol–water partition coefficient (Wildman–Crippen LogP) is 1.51. The summed E-state index contributed by atoms with van der Waals surface area (Å²) >= 11 is 5.90. The van der Waals surface area contributed by atoms with Crippen molar-refractivity contribution in [2.45, 2.75) is 11.4 Å². The second kappa shape index (κ2) is 2.76. The smallest absolute Gasteiger partial charge is 0.144 e. The maximum atomic E-state index is 8.35. The molecular formula is C7H7ClN2. The van der Waals surface area contributed by atoms with E-state index < -0.39 is 5.00 Å². The number of nitrogens with zero attached hydrogens (tertiary/aromatic N) is 1. The van der Waals surface area contributed by atoms with Crippen LogP contribution in [-0.4, -0.2) is 5.00 Å². The third-order valence-electron chi connectivity index (χ3n) is 1.23. The highest BCUT2D eigenvalue weighted by Crippen LogP contribution is 2.19. The van der Waals surface area contributed by atoms with Gasteiger partial charge in [-0.2, -0.15) is 5.26 Å². The summed E-state index contributed by atoms with van der Waals surface area (Å²) in [5.41, 5.74) is 0. The molecule has 0 spiro atoms. The van der Waals surface area contributed by atoms with Gasteiger partial charge in [0.1, 0.15) is 5.00 Å². The monoisotopic (exact) mass is 154 g/mol. The van der Waals surface area contributed by atoms with Gasteiger partial charge in [-0.15, -0.1) is 0 Å². The van der Waals surface area contributed by atoms with Gasteiger partial charge in [0.2, 0.25) is 0 Å². The maximum absolute atomic E-state index is 8.35. The number of nitrogens with one attached hydrogen (secondary N) is 1. The quantitative estimate of drug-likeness (QED) is 0.459. The van der Waals surface area contributed by atoms with Crippen LogP contribution in [0.2, 0.25) is 0 Å². The molecule has 2 nitrogen and oxygen atoms in total. The molecule has 0 aromatic heterocycles. The molecule has 1 aliphatic rings. The molecule has 1 unspecified atom stereocenters. The largest absolute Gasteiger partial charge is 0.369 e. The van der Waals surface area contributed by atoms with Crippen LogP contribution in [0.15, 0.2) is 24.4 Å². The van der Waals surface area contributed by atoms with Gasteiger partial charge in [-0.25, -0.2) is 0 Å². The van der Waals surface area contributed by atoms with Crippen molar-refractivity contribution in [2.75, 3.05) is 0 Å². The van der Waals surface area contributed by atoms with E-state index in [0.717, 1.165) is 0 Å². The first-order valence-electron chi connectivity index (χ1n) is 2.95. The number of alkyl halides is 1. The average Bonchev–Trinajstić information content (AvgIpc) is 1.89. The Kier molecular flexibility index (Phi) is 1.98. The zero-order valence-corrected chi connectivity index (χ0v) is 6.10. The highest BCUT2D eigenvalue weighted by atomic mass is 35.5. The van der Waals surface area contributed by atoms with Gasteiger partial charge in [0.25, 0.3) is 0 Å². The first kappa shape index (κ1) is 7.17. The lowest BCUT2D eigenvalue weighted by Crippen LogP contribution is -2.34. The van der Waals surface area contributed by atoms with Crippen LogP contribution in [0.25, 0.3) is 0 Å². The molecule has 0 aromatic rings. The van der Waals surface area contributed by atoms with E-state index in [1.165, 1.54) is 0 Å². The zero-order valence-electron chi connectivity index (χ0n) is 5.34. The predicted molar refractivity (Wildman–Crippen MR) is 40.2 cm³/mol. The molecule has 3 heteroatoms. The van der Waals surface area contributed by atoms with Gasteiger partial charge in [0.15, 0.2) is 0 Å². The summed E-state index contributed by atoms with van der Waals surface area (Å²) in [5, 5.41) is 11.2. The standard InChI is InChI=1S/C7H7ClN2/c8-7(4-5-9)3-1-2-6-10-7/h1-3,6,10H,4H2. The van der Waals surface area contributed by atoms with Crippen LogP contribution >= 0.6 is 11.6 Å². The van der Waals surface area contributed by atoms with Gasteiger partial charge in [-0.3, -0.25) is 0 Å². The van der Waals surface area contributed by atoms with Gasteiger partial charge in [0.05, 0.1) is 12.5 Å². The first-order chi connectivity index (χ1) is 4.77. The van der Waals surface area contributed by atoms with Crippen LogP contribution < -0.4 is 5.32 Å². The van der Waals surface area contributed by atoms with E-state index in [2.05, 4.69) is 5.32 Å². The van der Waals surface area contributed by atoms with Crippen molar-refractivity contribution < 1.29 is 0 Å². The minimum absolute atomic E-state index is 0.273. The Labute approximate surface area is 64.8 Å². The summed E-state index contributed by atoms with van der Waals surface area (Å²) < 4.78 is 0. The third kappa shape index (κ3) is 1.52. The maximum Gasteiger partial charge on any atom is 0.144 e. The van der Waals surface area contributed by atoms with Crippen molar-refractivity contribution in [1.29, 1.82) is 5.26 Å². The van der Waals surface area contributed by atoms with E-state index in [9.17, 15) is 0 Å². The minimum atomic E-state index is -0.677. The Morgan fingerprint density at radius 1 is 1.60 bits per heavy atom. The second-order valence-electron chi connectivity index (χ2n) is 2.06. The van der Waals surface area contributed by atoms with E-state index >= 15 is 0 Å². The molecule has 10 heavy (non-hydrogen) atoms. The van der Waals surface area contributed by atoms with E-state index in [0.29, 0.717) is 0 Å². The molecule has 1 heterocycles. The SMILES string of the molecule is N#CCC1(Cl)C=CC=CN1. The number of nitriles is 1. The number of hydrogen-bond donors (Lipinski definition) is 1. The van der Waals surface area contributed by atoms with Gasteiger partial charge in [-0.1, -0.05) is 17.7 Å². The van der Waals surface area contributed by atoms with Crippen molar-refractivity contribution in [3.8, 4) is 6.07 Å². The van der Waals surface area contributed by atoms with Gasteiger partial charge in [0, 0.05) is 0 Å². The fraction of sp³-hybridized carbons (Fsp3) is 0.286. The molecule has 1 N–H and O–H groups in total. The van der Waals surface area contributed by atoms with Gasteiger partial charge in [-0.05, 0) is 18.4 Å². The molecule has 0 aromatic carbocycles. The molecule has 0 radical (unpaired) electrons. The van der Waals surface area contributed by atoms with Crippen LogP contribution in [0.4, 0.5) is 0 Å². The lowest BCUT2D eigenvalue weighted by Gasteiger charge is -2.22. The number of rotatable bonds is 1. The molecule has 1 aliphatic heterocycles. The van der Waals surface area contributed by atoms with Crippen LogP contribution in [0.1, 0.15) is 6.42 Å². The van der Waals surface area contributed by atoms with Gasteiger partial charge >= 0.3 is 0 Å². The summed E-state index contributed by atoms with van der Waals surface area (Å²) in [6.07, 6.45) is 7.41. The van der Waals surface area contributed by atoms with Gasteiger partial charge < -0.3 is 5.32 Å². The highest BCUT2D eigenvalue weighted by Gasteiger charge is 2.22. The number of dihydropyridines is 1. The summed E-state index contributed by atoms with van der Waals surface area (Å²) in [7, 11) is 0. The van der Waals surface area contributed by atoms with Crippen molar-refractivity contribution in [3.63, 3.8) is 0 Å². The number of hydrogen-bond acceptors (Lipinski definition) is 2. The van der Waals surface area contributed by atoms with Crippen molar-refractivity contribution in [2.24, 2.45) is 0 Å². The Balaban J connectivity index is 2.63. The van der Waals surface area contributed by atoms with Crippen LogP contribution in [0.3, 0.4) is 0 Å². The Morgan fingerprint density at radius 2 is 2.40 bits per heavy atom. The van der Waals surface area contributed by atoms with Crippen LogP contribution in [0, 0.1) is 11.3 Å². The molecule has 0 aliphatic carbocycles. The Bertz CT molecular complexity index is 214. The van der Waals surface area contributed by atoms with E-state index in [-0.39, 0.29) is 6.42 Å². The molecule has 0 bridgehead atoms. The molecule has 52 valence electrons. The molecular weight excluding hydrogens is 148 g/mol. The van der Waals surface area contributed by atoms with Crippen LogP contribution in [0.5, 0.6) is 0 Å². The second-order valence-corrected chi connectivity index (χ2v) is 2.73. The number of halogens is 1. The molecule has 1 rings (SSSR count). The first-order valence-corrected chi connectivity index (χ1v) is 3.33. The topological polar surface area (TPSA) is 35.8 Å². The Morgan fingerprint density at radius 3 is 2.90 bits per heavy atom. The lowest BCUT2D eigenvalue weighted by molar-refractivity contribution is 0.637. The molecule has 0 saturated carbocycles. The summed E-state index contributed by atoms with van der Waals surface area (Å²) in [6.45, 7) is 0. The molecule has 1 atom stereocenters. The van der Waals surface area contributed by atoms with E-state index in [1.54, 1.807) is 12.3 Å². The minimum Gasteiger partial charge on any atom is -0.369 e. The molecule has 0 saturated heterocycles. The van der Waals surface area contributed by atoms with E-state index in [4.69, 9.17) is 16.9 Å². The fourth-order valence-electron chi connectivity index (χ4n) is 0.723. The lowest BCUT2D eigenvalue weighted by atomic mass is 10.1. The average molecular weight is 155 g/mol. The number of allylic oxidation sites excluding steroid dienone is 2.